The zero-order chi connectivity index (χ0) is 30.3. The summed E-state index contributed by atoms with van der Waals surface area (Å²) in [5.41, 5.74) is -5.46. The molecule has 4 aliphatic carbocycles. The summed E-state index contributed by atoms with van der Waals surface area (Å²) in [5.74, 6) is -1.04. The molecule has 11 nitrogen and oxygen atoms in total. The van der Waals surface area contributed by atoms with Crippen LogP contribution in [0.4, 0.5) is 0 Å². The Labute approximate surface area is 246 Å². The Hall–Kier alpha value is -1.44. The van der Waals surface area contributed by atoms with E-state index < -0.39 is 70.4 Å². The van der Waals surface area contributed by atoms with Crippen LogP contribution in [0, 0.1) is 22.7 Å². The minimum atomic E-state index is -1.38. The van der Waals surface area contributed by atoms with E-state index in [0.717, 1.165) is 6.29 Å². The van der Waals surface area contributed by atoms with Crippen LogP contribution >= 0.6 is 0 Å². The smallest absolute Gasteiger partial charge is 0.331 e. The fourth-order valence-corrected chi connectivity index (χ4v) is 10.2. The second kappa shape index (κ2) is 10.3. The Bertz CT molecular complexity index is 1130. The molecule has 0 spiro atoms. The van der Waals surface area contributed by atoms with Gasteiger partial charge in [-0.25, -0.2) is 4.79 Å². The summed E-state index contributed by atoms with van der Waals surface area (Å²) in [7, 11) is 3.01. The van der Waals surface area contributed by atoms with Gasteiger partial charge in [0, 0.05) is 37.7 Å². The van der Waals surface area contributed by atoms with Crippen molar-refractivity contribution in [1.29, 1.82) is 0 Å². The first kappa shape index (κ1) is 30.6. The van der Waals surface area contributed by atoms with E-state index in [9.17, 15) is 30.0 Å². The second-order valence-electron chi connectivity index (χ2n) is 14.0. The Kier molecular flexibility index (Phi) is 7.50. The summed E-state index contributed by atoms with van der Waals surface area (Å²) in [6.07, 6.45) is 1.87. The molecule has 1 saturated heterocycles. The van der Waals surface area contributed by atoms with Crippen LogP contribution in [0.25, 0.3) is 0 Å². The second-order valence-corrected chi connectivity index (χ2v) is 14.0. The van der Waals surface area contributed by atoms with Crippen LogP contribution in [0.5, 0.6) is 0 Å². The predicted molar refractivity (Wildman–Crippen MR) is 146 cm³/mol. The summed E-state index contributed by atoms with van der Waals surface area (Å²) in [4.78, 5) is 25.0. The standard InChI is InChI=1S/C31H46O11/c1-17-23(34)24(38-3)25(39-4)26(41-17)42-19-5-9-28(16-32)20-6-8-27(2)30(36,18-13-22(33)40-15-18)11-12-31(27,37)21(20)7-10-29(28,35)14-19/h13,16-17,19-21,23-26,34-37H,5-12,14-15H2,1-4H3/t17-,19+,20+,21-,23+,24+,25-,26+,27-,28+,29+,30-,31+/m1/s1. The van der Waals surface area contributed by atoms with E-state index in [1.807, 2.05) is 6.92 Å². The average Bonchev–Trinajstić information content (AvgIpc) is 3.49. The van der Waals surface area contributed by atoms with Crippen LogP contribution in [-0.4, -0.2) is 107 Å². The SMILES string of the molecule is CO[C@H]1[C@H](O[C@H]2CC[C@]3(C=O)[C@H]4CC[C@]5(C)[C@](O)(C6=CC(=O)OC6)CC[C@]5(O)[C@@H]4CC[C@]3(O)C2)O[C@H](C)[C@H](O)[C@@H]1OC. The topological polar surface area (TPSA) is 161 Å². The number of cyclic esters (lactones) is 1. The first-order chi connectivity index (χ1) is 19.8. The van der Waals surface area contributed by atoms with Gasteiger partial charge in [-0.3, -0.25) is 0 Å². The van der Waals surface area contributed by atoms with Crippen LogP contribution in [0.15, 0.2) is 11.6 Å². The normalized spacial score (nSPS) is 53.9. The molecule has 0 amide bonds. The predicted octanol–water partition coefficient (Wildman–Crippen LogP) is 1.17. The lowest BCUT2D eigenvalue weighted by atomic mass is 9.41. The number of methoxy groups -OCH3 is 2. The van der Waals surface area contributed by atoms with Crippen molar-refractivity contribution < 1.29 is 53.7 Å². The molecule has 0 radical (unpaired) electrons. The molecule has 4 saturated carbocycles. The fourth-order valence-electron chi connectivity index (χ4n) is 10.2. The van der Waals surface area contributed by atoms with Gasteiger partial charge in [-0.2, -0.15) is 0 Å². The summed E-state index contributed by atoms with van der Waals surface area (Å²) >= 11 is 0. The van der Waals surface area contributed by atoms with E-state index in [2.05, 4.69) is 0 Å². The molecule has 0 aromatic rings. The molecular formula is C31H46O11. The molecule has 5 fully saturated rings. The maximum Gasteiger partial charge on any atom is 0.331 e. The Morgan fingerprint density at radius 2 is 1.69 bits per heavy atom. The highest BCUT2D eigenvalue weighted by Gasteiger charge is 2.75. The molecule has 13 atom stereocenters. The number of fused-ring (bicyclic) bond motifs is 5. The third-order valence-electron chi connectivity index (χ3n) is 12.7. The molecule has 0 aromatic carbocycles. The van der Waals surface area contributed by atoms with Crippen molar-refractivity contribution in [1.82, 2.24) is 0 Å². The van der Waals surface area contributed by atoms with E-state index in [0.29, 0.717) is 56.9 Å². The minimum absolute atomic E-state index is 0.0199. The number of carbonyl (C=O) groups is 2. The van der Waals surface area contributed by atoms with Gasteiger partial charge in [-0.05, 0) is 70.1 Å². The molecule has 2 heterocycles. The van der Waals surface area contributed by atoms with Gasteiger partial charge < -0.3 is 48.9 Å². The van der Waals surface area contributed by atoms with Crippen molar-refractivity contribution in [2.75, 3.05) is 20.8 Å². The van der Waals surface area contributed by atoms with Crippen LogP contribution in [0.1, 0.15) is 71.6 Å². The van der Waals surface area contributed by atoms with Gasteiger partial charge in [0.2, 0.25) is 0 Å². The number of rotatable bonds is 6. The van der Waals surface area contributed by atoms with Crippen LogP contribution in [-0.2, 0) is 33.3 Å². The molecule has 0 bridgehead atoms. The Balaban J connectivity index is 1.24. The average molecular weight is 595 g/mol. The quantitative estimate of drug-likeness (QED) is 0.199. The zero-order valence-corrected chi connectivity index (χ0v) is 25.0. The maximum absolute atomic E-state index is 13.1. The lowest BCUT2D eigenvalue weighted by molar-refractivity contribution is -0.323. The molecule has 2 aliphatic heterocycles. The number of aldehydes is 1. The van der Waals surface area contributed by atoms with E-state index in [1.165, 1.54) is 20.3 Å². The van der Waals surface area contributed by atoms with Crippen LogP contribution in [0.3, 0.4) is 0 Å². The maximum atomic E-state index is 13.1. The highest BCUT2D eigenvalue weighted by molar-refractivity contribution is 5.86. The molecule has 6 rings (SSSR count). The monoisotopic (exact) mass is 594 g/mol. The van der Waals surface area contributed by atoms with E-state index in [4.69, 9.17) is 23.7 Å². The van der Waals surface area contributed by atoms with Gasteiger partial charge in [0.25, 0.3) is 0 Å². The molecular weight excluding hydrogens is 548 g/mol. The van der Waals surface area contributed by atoms with Crippen molar-refractivity contribution in [2.45, 2.75) is 125 Å². The first-order valence-electron chi connectivity index (χ1n) is 15.4. The minimum Gasteiger partial charge on any atom is -0.458 e. The molecule has 42 heavy (non-hydrogen) atoms. The number of hydrogen-bond donors (Lipinski definition) is 4. The molecule has 236 valence electrons. The zero-order valence-electron chi connectivity index (χ0n) is 25.0. The van der Waals surface area contributed by atoms with E-state index in [-0.39, 0.29) is 24.9 Å². The van der Waals surface area contributed by atoms with Gasteiger partial charge in [-0.15, -0.1) is 0 Å². The molecule has 4 N–H and O–H groups in total. The third-order valence-corrected chi connectivity index (χ3v) is 12.7. The summed E-state index contributed by atoms with van der Waals surface area (Å²) < 4.78 is 28.6. The summed E-state index contributed by atoms with van der Waals surface area (Å²) in [6.45, 7) is 3.67. The van der Waals surface area contributed by atoms with Gasteiger partial charge in [0.05, 0.1) is 34.4 Å². The third kappa shape index (κ3) is 3.94. The largest absolute Gasteiger partial charge is 0.458 e. The van der Waals surface area contributed by atoms with E-state index >= 15 is 0 Å². The van der Waals surface area contributed by atoms with Crippen LogP contribution < -0.4 is 0 Å². The number of ether oxygens (including phenoxy) is 5. The lowest BCUT2D eigenvalue weighted by Gasteiger charge is -2.65. The molecule has 11 heteroatoms. The van der Waals surface area contributed by atoms with Gasteiger partial charge in [0.15, 0.2) is 6.29 Å². The van der Waals surface area contributed by atoms with Gasteiger partial charge in [0.1, 0.15) is 31.2 Å². The van der Waals surface area contributed by atoms with Crippen molar-refractivity contribution in [3.05, 3.63) is 11.6 Å². The number of carbonyl (C=O) groups excluding carboxylic acids is 2. The summed E-state index contributed by atoms with van der Waals surface area (Å²) in [6, 6.07) is 0. The highest BCUT2D eigenvalue weighted by Crippen LogP contribution is 2.71. The summed E-state index contributed by atoms with van der Waals surface area (Å²) in [5, 5.41) is 47.2. The fraction of sp³-hybridized carbons (Fsp3) is 0.871. The Morgan fingerprint density at radius 3 is 2.33 bits per heavy atom. The molecule has 6 aliphatic rings. The lowest BCUT2D eigenvalue weighted by Crippen LogP contribution is -2.70. The number of hydrogen-bond acceptors (Lipinski definition) is 11. The number of aliphatic hydroxyl groups is 4. The van der Waals surface area contributed by atoms with Gasteiger partial charge in [-0.1, -0.05) is 6.92 Å². The van der Waals surface area contributed by atoms with E-state index in [1.54, 1.807) is 6.92 Å². The molecule has 0 aromatic heterocycles. The highest BCUT2D eigenvalue weighted by atomic mass is 16.7. The van der Waals surface area contributed by atoms with Crippen molar-refractivity contribution in [3.8, 4) is 0 Å². The van der Waals surface area contributed by atoms with Gasteiger partial charge >= 0.3 is 5.97 Å². The molecule has 0 unspecified atom stereocenters. The number of esters is 1. The van der Waals surface area contributed by atoms with Crippen LogP contribution in [0.2, 0.25) is 0 Å². The number of aliphatic hydroxyl groups excluding tert-OH is 1. The van der Waals surface area contributed by atoms with Crippen molar-refractivity contribution in [3.63, 3.8) is 0 Å². The Morgan fingerprint density at radius 1 is 0.976 bits per heavy atom. The van der Waals surface area contributed by atoms with Crippen molar-refractivity contribution >= 4 is 12.3 Å². The first-order valence-corrected chi connectivity index (χ1v) is 15.4. The van der Waals surface area contributed by atoms with Crippen molar-refractivity contribution in [2.24, 2.45) is 22.7 Å².